The Morgan fingerprint density at radius 3 is 1.08 bits per heavy atom. The predicted octanol–water partition coefficient (Wildman–Crippen LogP) is 7.86. The molecule has 0 aliphatic carbocycles. The van der Waals surface area contributed by atoms with E-state index in [4.69, 9.17) is 0 Å². The largest absolute Gasteiger partial charge is 0.396 e. The fraction of sp³-hybridized carbons (Fsp3) is 0.750. The third-order valence-electron chi connectivity index (χ3n) is 7.02. The topological polar surface area (TPSA) is 74.6 Å². The van der Waals surface area contributed by atoms with E-state index in [1.165, 1.54) is 84.3 Å². The molecule has 1 aromatic rings. The molecule has 6 heteroatoms. The molecule has 0 saturated heterocycles. The summed E-state index contributed by atoms with van der Waals surface area (Å²) in [6, 6.07) is 5.01. The zero-order chi connectivity index (χ0) is 27.8. The number of unbranched alkanes of at least 4 members (excludes halogenated alkanes) is 10. The number of carbonyl (C=O) groups is 2. The third kappa shape index (κ3) is 18.5. The number of aliphatic hydroxyl groups excluding tert-OH is 2. The molecule has 0 unspecified atom stereocenters. The van der Waals surface area contributed by atoms with Gasteiger partial charge >= 0.3 is 0 Å². The maximum atomic E-state index is 11.1. The van der Waals surface area contributed by atoms with E-state index in [9.17, 15) is 19.8 Å². The number of carbonyl (C=O) groups excluding carboxylic acids is 2. The Kier molecular flexibility index (Phi) is 22.3. The second kappa shape index (κ2) is 24.0. The molecule has 0 aliphatic heterocycles. The molecule has 0 atom stereocenters. The van der Waals surface area contributed by atoms with Gasteiger partial charge in [-0.3, -0.25) is 9.59 Å². The van der Waals surface area contributed by atoms with Crippen molar-refractivity contribution >= 4 is 33.8 Å². The van der Waals surface area contributed by atoms with Crippen LogP contribution in [0.15, 0.2) is 12.1 Å². The van der Waals surface area contributed by atoms with Gasteiger partial charge in [-0.05, 0) is 99.3 Å². The van der Waals surface area contributed by atoms with E-state index in [-0.39, 0.29) is 23.4 Å². The highest BCUT2D eigenvalue weighted by Gasteiger charge is 2.11. The van der Waals surface area contributed by atoms with Gasteiger partial charge in [-0.25, -0.2) is 0 Å². The summed E-state index contributed by atoms with van der Waals surface area (Å²) in [5.74, 6) is 1.88. The van der Waals surface area contributed by atoms with Crippen LogP contribution >= 0.6 is 23.5 Å². The molecule has 0 fully saturated rings. The molecule has 0 bridgehead atoms. The first-order valence-electron chi connectivity index (χ1n) is 15.1. The van der Waals surface area contributed by atoms with Gasteiger partial charge in [-0.1, -0.05) is 74.2 Å². The summed E-state index contributed by atoms with van der Waals surface area (Å²) in [7, 11) is 0. The van der Waals surface area contributed by atoms with Crippen molar-refractivity contribution in [3.8, 4) is 0 Å². The first-order chi connectivity index (χ1) is 18.5. The van der Waals surface area contributed by atoms with Crippen LogP contribution < -0.4 is 0 Å². The molecule has 0 radical (unpaired) electrons. The SMILES string of the molecule is CC(=O)SCCCCCCc1cc(CCCCCO)c(CCCCCO)cc1CCCCCCSC(C)=O. The van der Waals surface area contributed by atoms with Crippen molar-refractivity contribution in [1.29, 1.82) is 0 Å². The molecule has 0 spiro atoms. The lowest BCUT2D eigenvalue weighted by atomic mass is 9.88. The Morgan fingerprint density at radius 2 is 0.789 bits per heavy atom. The molecule has 0 aromatic heterocycles. The van der Waals surface area contributed by atoms with Gasteiger partial charge in [0.1, 0.15) is 0 Å². The van der Waals surface area contributed by atoms with Crippen LogP contribution in [0.4, 0.5) is 0 Å². The van der Waals surface area contributed by atoms with Gasteiger partial charge in [0, 0.05) is 38.6 Å². The Bertz CT molecular complexity index is 703. The van der Waals surface area contributed by atoms with Crippen LogP contribution in [0.3, 0.4) is 0 Å². The Hall–Kier alpha value is -0.820. The average molecular weight is 567 g/mol. The molecular formula is C32H54O4S2. The van der Waals surface area contributed by atoms with Gasteiger partial charge in [-0.15, -0.1) is 0 Å². The number of aliphatic hydroxyl groups is 2. The molecule has 2 N–H and O–H groups in total. The van der Waals surface area contributed by atoms with Crippen molar-refractivity contribution < 1.29 is 19.8 Å². The van der Waals surface area contributed by atoms with Gasteiger partial charge < -0.3 is 10.2 Å². The summed E-state index contributed by atoms with van der Waals surface area (Å²) >= 11 is 2.89. The normalized spacial score (nSPS) is 11.3. The van der Waals surface area contributed by atoms with Crippen LogP contribution in [0.5, 0.6) is 0 Å². The lowest BCUT2D eigenvalue weighted by molar-refractivity contribution is -0.109. The Morgan fingerprint density at radius 1 is 0.500 bits per heavy atom. The summed E-state index contributed by atoms with van der Waals surface area (Å²) in [6.45, 7) is 3.84. The minimum absolute atomic E-state index is 0.218. The van der Waals surface area contributed by atoms with E-state index in [0.29, 0.717) is 0 Å². The van der Waals surface area contributed by atoms with Crippen molar-refractivity contribution in [1.82, 2.24) is 0 Å². The van der Waals surface area contributed by atoms with Crippen molar-refractivity contribution in [2.45, 2.75) is 129 Å². The second-order valence-electron chi connectivity index (χ2n) is 10.5. The quantitative estimate of drug-likeness (QED) is 0.124. The minimum Gasteiger partial charge on any atom is -0.396 e. The highest BCUT2D eigenvalue weighted by atomic mass is 32.2. The molecule has 0 heterocycles. The van der Waals surface area contributed by atoms with Crippen LogP contribution in [0.25, 0.3) is 0 Å². The number of rotatable bonds is 24. The Balaban J connectivity index is 2.82. The van der Waals surface area contributed by atoms with Crippen molar-refractivity contribution in [3.63, 3.8) is 0 Å². The smallest absolute Gasteiger partial charge is 0.185 e. The molecule has 0 aliphatic rings. The highest BCUT2D eigenvalue weighted by molar-refractivity contribution is 8.13. The molecule has 1 aromatic carbocycles. The number of hydrogen-bond acceptors (Lipinski definition) is 6. The first-order valence-corrected chi connectivity index (χ1v) is 17.1. The average Bonchev–Trinajstić information content (AvgIpc) is 2.88. The number of aryl methyl sites for hydroxylation is 4. The molecule has 38 heavy (non-hydrogen) atoms. The monoisotopic (exact) mass is 566 g/mol. The van der Waals surface area contributed by atoms with Gasteiger partial charge in [0.2, 0.25) is 0 Å². The van der Waals surface area contributed by atoms with E-state index >= 15 is 0 Å². The summed E-state index contributed by atoms with van der Waals surface area (Å²) in [5, 5.41) is 18.8. The van der Waals surface area contributed by atoms with Crippen LogP contribution in [-0.4, -0.2) is 45.2 Å². The standard InChI is InChI=1S/C32H54O4S2/c1-27(35)37-23-15-5-3-9-17-29-25-31(19-11-7-13-21-33)32(20-12-8-14-22-34)26-30(29)18-10-4-6-16-24-38-28(2)36/h25-26,33-34H,3-24H2,1-2H3. The van der Waals surface area contributed by atoms with Gasteiger partial charge in [0.15, 0.2) is 10.2 Å². The zero-order valence-corrected chi connectivity index (χ0v) is 25.9. The fourth-order valence-electron chi connectivity index (χ4n) is 4.90. The van der Waals surface area contributed by atoms with Gasteiger partial charge in [0.25, 0.3) is 0 Å². The highest BCUT2D eigenvalue weighted by Crippen LogP contribution is 2.25. The fourth-order valence-corrected chi connectivity index (χ4v) is 6.18. The van der Waals surface area contributed by atoms with Crippen LogP contribution in [0.2, 0.25) is 0 Å². The maximum Gasteiger partial charge on any atom is 0.185 e. The second-order valence-corrected chi connectivity index (χ2v) is 13.0. The molecule has 0 amide bonds. The van der Waals surface area contributed by atoms with E-state index in [1.54, 1.807) is 13.8 Å². The van der Waals surface area contributed by atoms with E-state index in [1.807, 2.05) is 0 Å². The molecule has 4 nitrogen and oxygen atoms in total. The lowest BCUT2D eigenvalue weighted by Crippen LogP contribution is -2.04. The van der Waals surface area contributed by atoms with Gasteiger partial charge in [-0.2, -0.15) is 0 Å². The van der Waals surface area contributed by atoms with E-state index < -0.39 is 0 Å². The molecule has 1 rings (SSSR count). The predicted molar refractivity (Wildman–Crippen MR) is 166 cm³/mol. The third-order valence-corrected chi connectivity index (χ3v) is 8.82. The summed E-state index contributed by atoms with van der Waals surface area (Å²) in [4.78, 5) is 22.3. The van der Waals surface area contributed by atoms with Crippen molar-refractivity contribution in [3.05, 3.63) is 34.4 Å². The molecule has 218 valence electrons. The summed E-state index contributed by atoms with van der Waals surface area (Å²) in [5.41, 5.74) is 6.02. The van der Waals surface area contributed by atoms with E-state index in [0.717, 1.165) is 88.6 Å². The van der Waals surface area contributed by atoms with Gasteiger partial charge in [0.05, 0.1) is 0 Å². The maximum absolute atomic E-state index is 11.1. The van der Waals surface area contributed by atoms with Crippen molar-refractivity contribution in [2.24, 2.45) is 0 Å². The number of thioether (sulfide) groups is 2. The van der Waals surface area contributed by atoms with E-state index in [2.05, 4.69) is 12.1 Å². The molecule has 0 saturated carbocycles. The number of hydrogen-bond donors (Lipinski definition) is 2. The minimum atomic E-state index is 0.218. The summed E-state index contributed by atoms with van der Waals surface area (Å²) in [6.07, 6.45) is 19.9. The lowest BCUT2D eigenvalue weighted by Gasteiger charge is -2.18. The number of benzene rings is 1. The summed E-state index contributed by atoms with van der Waals surface area (Å²) < 4.78 is 0. The first kappa shape index (κ1) is 35.2. The van der Waals surface area contributed by atoms with Crippen molar-refractivity contribution in [2.75, 3.05) is 24.7 Å². The Labute approximate surface area is 241 Å². The van der Waals surface area contributed by atoms with Crippen LogP contribution in [0, 0.1) is 0 Å². The zero-order valence-electron chi connectivity index (χ0n) is 24.2. The van der Waals surface area contributed by atoms with Crippen LogP contribution in [-0.2, 0) is 35.3 Å². The molecular weight excluding hydrogens is 512 g/mol. The van der Waals surface area contributed by atoms with Crippen LogP contribution in [0.1, 0.15) is 126 Å².